The van der Waals surface area contributed by atoms with Gasteiger partial charge in [-0.3, -0.25) is 0 Å². The number of rotatable bonds is 4. The first-order chi connectivity index (χ1) is 6.54. The van der Waals surface area contributed by atoms with Gasteiger partial charge in [0.1, 0.15) is 0 Å². The third-order valence-corrected chi connectivity index (χ3v) is 3.62. The van der Waals surface area contributed by atoms with Crippen molar-refractivity contribution >= 4 is 11.6 Å². The molecule has 0 aliphatic carbocycles. The summed E-state index contributed by atoms with van der Waals surface area (Å²) in [5, 5.41) is 0. The summed E-state index contributed by atoms with van der Waals surface area (Å²) >= 11 is 5.67. The van der Waals surface area contributed by atoms with Crippen LogP contribution in [0.2, 0.25) is 0 Å². The molecule has 1 atom stereocenters. The Morgan fingerprint density at radius 2 is 2.00 bits per heavy atom. The van der Waals surface area contributed by atoms with Crippen LogP contribution in [0.1, 0.15) is 40.0 Å². The Morgan fingerprint density at radius 3 is 2.50 bits per heavy atom. The number of unbranched alkanes of at least 4 members (excludes halogenated alkanes) is 1. The van der Waals surface area contributed by atoms with E-state index >= 15 is 0 Å². The maximum absolute atomic E-state index is 5.67. The zero-order chi connectivity index (χ0) is 10.6. The van der Waals surface area contributed by atoms with E-state index in [1.165, 1.54) is 32.5 Å². The van der Waals surface area contributed by atoms with Crippen LogP contribution in [0.25, 0.3) is 0 Å². The predicted octanol–water partition coefficient (Wildman–Crippen LogP) is 3.37. The molecule has 1 saturated heterocycles. The first-order valence-electron chi connectivity index (χ1n) is 5.82. The summed E-state index contributed by atoms with van der Waals surface area (Å²) in [6, 6.07) is 0. The van der Waals surface area contributed by atoms with Crippen molar-refractivity contribution in [3.8, 4) is 0 Å². The van der Waals surface area contributed by atoms with Crippen molar-refractivity contribution in [1.82, 2.24) is 4.90 Å². The molecule has 0 bridgehead atoms. The highest BCUT2D eigenvalue weighted by Crippen LogP contribution is 2.33. The molecule has 1 fully saturated rings. The van der Waals surface area contributed by atoms with Crippen molar-refractivity contribution in [2.24, 2.45) is 11.3 Å². The normalized spacial score (nSPS) is 24.4. The largest absolute Gasteiger partial charge is 0.303 e. The third kappa shape index (κ3) is 3.78. The average molecular weight is 218 g/mol. The van der Waals surface area contributed by atoms with Crippen molar-refractivity contribution in [1.29, 1.82) is 0 Å². The van der Waals surface area contributed by atoms with Gasteiger partial charge in [-0.25, -0.2) is 0 Å². The molecular formula is C12H24ClN. The van der Waals surface area contributed by atoms with Crippen LogP contribution in [-0.4, -0.2) is 30.4 Å². The minimum Gasteiger partial charge on any atom is -0.303 e. The molecule has 0 aromatic heterocycles. The lowest BCUT2D eigenvalue weighted by Crippen LogP contribution is -2.26. The second-order valence-corrected chi connectivity index (χ2v) is 5.93. The molecule has 1 nitrogen and oxygen atoms in total. The van der Waals surface area contributed by atoms with E-state index in [1.54, 1.807) is 0 Å². The quantitative estimate of drug-likeness (QED) is 0.516. The predicted molar refractivity (Wildman–Crippen MR) is 64.0 cm³/mol. The van der Waals surface area contributed by atoms with Crippen LogP contribution < -0.4 is 0 Å². The molecule has 1 rings (SSSR count). The van der Waals surface area contributed by atoms with E-state index in [9.17, 15) is 0 Å². The van der Waals surface area contributed by atoms with E-state index in [0.717, 1.165) is 18.2 Å². The molecule has 0 N–H and O–H groups in total. The number of alkyl halides is 1. The molecule has 0 aromatic rings. The van der Waals surface area contributed by atoms with Crippen LogP contribution in [0.5, 0.6) is 0 Å². The van der Waals surface area contributed by atoms with Gasteiger partial charge in [-0.15, -0.1) is 11.6 Å². The molecule has 0 spiro atoms. The van der Waals surface area contributed by atoms with E-state index < -0.39 is 0 Å². The first kappa shape index (κ1) is 12.3. The Morgan fingerprint density at radius 1 is 1.29 bits per heavy atom. The summed E-state index contributed by atoms with van der Waals surface area (Å²) in [6.07, 6.45) is 3.81. The van der Waals surface area contributed by atoms with Gasteiger partial charge in [0.15, 0.2) is 0 Å². The fourth-order valence-electron chi connectivity index (χ4n) is 2.17. The molecule has 1 aliphatic heterocycles. The van der Waals surface area contributed by atoms with Crippen molar-refractivity contribution < 1.29 is 0 Å². The molecule has 2 heteroatoms. The van der Waals surface area contributed by atoms with Gasteiger partial charge in [0.05, 0.1) is 0 Å². The van der Waals surface area contributed by atoms with Crippen molar-refractivity contribution in [2.75, 3.05) is 25.5 Å². The highest BCUT2D eigenvalue weighted by molar-refractivity contribution is 6.17. The smallest absolute Gasteiger partial charge is 0.0223 e. The zero-order valence-corrected chi connectivity index (χ0v) is 10.6. The minimum absolute atomic E-state index is 0.487. The van der Waals surface area contributed by atoms with Gasteiger partial charge in [-0.1, -0.05) is 20.8 Å². The molecule has 0 aromatic carbocycles. The molecule has 0 amide bonds. The van der Waals surface area contributed by atoms with Crippen LogP contribution in [0.3, 0.4) is 0 Å². The summed E-state index contributed by atoms with van der Waals surface area (Å²) in [6.45, 7) is 10.9. The van der Waals surface area contributed by atoms with E-state index in [4.69, 9.17) is 11.6 Å². The summed E-state index contributed by atoms with van der Waals surface area (Å²) < 4.78 is 0. The lowest BCUT2D eigenvalue weighted by Gasteiger charge is -2.27. The van der Waals surface area contributed by atoms with Gasteiger partial charge in [-0.2, -0.15) is 0 Å². The standard InChI is InChI=1S/C12H24ClN/c1-12(2,3)11-6-9-14(10-11)8-5-4-7-13/h11H,4-10H2,1-3H3. The number of hydrogen-bond donors (Lipinski definition) is 0. The van der Waals surface area contributed by atoms with Gasteiger partial charge in [0, 0.05) is 12.4 Å². The third-order valence-electron chi connectivity index (χ3n) is 3.36. The topological polar surface area (TPSA) is 3.24 Å². The number of hydrogen-bond acceptors (Lipinski definition) is 1. The Hall–Kier alpha value is 0.250. The summed E-state index contributed by atoms with van der Waals surface area (Å²) in [5.74, 6) is 1.70. The fraction of sp³-hybridized carbons (Fsp3) is 1.00. The SMILES string of the molecule is CC(C)(C)C1CCN(CCCCCl)C1. The molecule has 1 unspecified atom stereocenters. The van der Waals surface area contributed by atoms with Gasteiger partial charge in [0.2, 0.25) is 0 Å². The maximum atomic E-state index is 5.67. The first-order valence-corrected chi connectivity index (χ1v) is 6.36. The van der Waals surface area contributed by atoms with Crippen molar-refractivity contribution in [3.05, 3.63) is 0 Å². The van der Waals surface area contributed by atoms with Crippen LogP contribution in [0.4, 0.5) is 0 Å². The second-order valence-electron chi connectivity index (χ2n) is 5.55. The number of halogens is 1. The monoisotopic (exact) mass is 217 g/mol. The Labute approximate surface area is 93.8 Å². The van der Waals surface area contributed by atoms with E-state index in [0.29, 0.717) is 5.41 Å². The van der Waals surface area contributed by atoms with Crippen molar-refractivity contribution in [2.45, 2.75) is 40.0 Å². The average Bonchev–Trinajstić information content (AvgIpc) is 2.52. The molecule has 1 aliphatic rings. The molecule has 1 heterocycles. The van der Waals surface area contributed by atoms with E-state index in [2.05, 4.69) is 25.7 Å². The van der Waals surface area contributed by atoms with Gasteiger partial charge < -0.3 is 4.90 Å². The molecule has 0 radical (unpaired) electrons. The Kier molecular flexibility index (Phi) is 4.72. The highest BCUT2D eigenvalue weighted by Gasteiger charge is 2.31. The maximum Gasteiger partial charge on any atom is 0.0223 e. The summed E-state index contributed by atoms with van der Waals surface area (Å²) in [4.78, 5) is 2.60. The molecule has 0 saturated carbocycles. The lowest BCUT2D eigenvalue weighted by atomic mass is 9.80. The van der Waals surface area contributed by atoms with Gasteiger partial charge in [-0.05, 0) is 43.7 Å². The Bertz CT molecular complexity index is 162. The van der Waals surface area contributed by atoms with Crippen LogP contribution >= 0.6 is 11.6 Å². The summed E-state index contributed by atoms with van der Waals surface area (Å²) in [7, 11) is 0. The van der Waals surface area contributed by atoms with Crippen LogP contribution in [0.15, 0.2) is 0 Å². The van der Waals surface area contributed by atoms with Crippen LogP contribution in [0, 0.1) is 11.3 Å². The Balaban J connectivity index is 2.21. The number of nitrogens with zero attached hydrogens (tertiary/aromatic N) is 1. The van der Waals surface area contributed by atoms with Crippen LogP contribution in [-0.2, 0) is 0 Å². The second kappa shape index (κ2) is 5.37. The molecule has 84 valence electrons. The van der Waals surface area contributed by atoms with E-state index in [1.807, 2.05) is 0 Å². The summed E-state index contributed by atoms with van der Waals surface area (Å²) in [5.41, 5.74) is 0.487. The number of likely N-dealkylation sites (tertiary alicyclic amines) is 1. The molecular weight excluding hydrogens is 194 g/mol. The van der Waals surface area contributed by atoms with E-state index in [-0.39, 0.29) is 0 Å². The van der Waals surface area contributed by atoms with Crippen molar-refractivity contribution in [3.63, 3.8) is 0 Å². The highest BCUT2D eigenvalue weighted by atomic mass is 35.5. The van der Waals surface area contributed by atoms with Gasteiger partial charge in [0.25, 0.3) is 0 Å². The van der Waals surface area contributed by atoms with Gasteiger partial charge >= 0.3 is 0 Å². The fourth-order valence-corrected chi connectivity index (χ4v) is 2.36. The minimum atomic E-state index is 0.487. The molecule has 14 heavy (non-hydrogen) atoms. The lowest BCUT2D eigenvalue weighted by molar-refractivity contribution is 0.228. The zero-order valence-electron chi connectivity index (χ0n) is 9.85.